The molecule has 2 aromatic carbocycles. The molecule has 0 aliphatic carbocycles. The number of likely N-dealkylation sites (tertiary alicyclic amines) is 1. The second-order valence-corrected chi connectivity index (χ2v) is 7.20. The number of amides is 3. The quantitative estimate of drug-likeness (QED) is 0.652. The van der Waals surface area contributed by atoms with Crippen LogP contribution in [-0.4, -0.2) is 42.3 Å². The summed E-state index contributed by atoms with van der Waals surface area (Å²) in [6, 6.07) is 11.4. The first kappa shape index (κ1) is 21.3. The van der Waals surface area contributed by atoms with Crippen LogP contribution in [0, 0.1) is 5.82 Å². The van der Waals surface area contributed by atoms with E-state index >= 15 is 0 Å². The van der Waals surface area contributed by atoms with Crippen molar-refractivity contribution in [2.24, 2.45) is 0 Å². The summed E-state index contributed by atoms with van der Waals surface area (Å²) in [5, 5.41) is 8.08. The van der Waals surface area contributed by atoms with Gasteiger partial charge in [-0.25, -0.2) is 4.39 Å². The maximum atomic E-state index is 13.7. The standard InChI is InChI=1S/C22H25FN4O3/c1-15(28)26-20-12-18(8-9-19(20)23)24-14-21(29)25-13-16-4-6-17(7-5-16)22(30)27-10-2-3-11-27/h4-9,12,24H,2-3,10-11,13-14H2,1H3,(H,25,29)(H,26,28). The molecule has 1 aliphatic heterocycles. The van der Waals surface area contributed by atoms with Crippen molar-refractivity contribution in [2.75, 3.05) is 30.3 Å². The summed E-state index contributed by atoms with van der Waals surface area (Å²) >= 11 is 0. The molecule has 1 heterocycles. The van der Waals surface area contributed by atoms with Gasteiger partial charge in [-0.2, -0.15) is 0 Å². The van der Waals surface area contributed by atoms with Crippen LogP contribution in [-0.2, 0) is 16.1 Å². The fraction of sp³-hybridized carbons (Fsp3) is 0.318. The zero-order valence-electron chi connectivity index (χ0n) is 16.8. The van der Waals surface area contributed by atoms with Gasteiger partial charge >= 0.3 is 0 Å². The molecule has 3 amide bonds. The summed E-state index contributed by atoms with van der Waals surface area (Å²) in [6.45, 7) is 3.24. The van der Waals surface area contributed by atoms with Gasteiger partial charge in [0.1, 0.15) is 5.82 Å². The number of hydrogen-bond donors (Lipinski definition) is 3. The van der Waals surface area contributed by atoms with Gasteiger partial charge in [-0.05, 0) is 48.7 Å². The first-order valence-electron chi connectivity index (χ1n) is 9.88. The number of benzene rings is 2. The van der Waals surface area contributed by atoms with Crippen LogP contribution >= 0.6 is 0 Å². The third-order valence-electron chi connectivity index (χ3n) is 4.81. The molecule has 1 fully saturated rings. The van der Waals surface area contributed by atoms with Gasteiger partial charge in [-0.15, -0.1) is 0 Å². The summed E-state index contributed by atoms with van der Waals surface area (Å²) in [5.74, 6) is -1.12. The molecule has 0 bridgehead atoms. The van der Waals surface area contributed by atoms with Crippen molar-refractivity contribution in [1.82, 2.24) is 10.2 Å². The lowest BCUT2D eigenvalue weighted by atomic mass is 10.1. The molecule has 0 saturated carbocycles. The topological polar surface area (TPSA) is 90.5 Å². The number of rotatable bonds is 7. The molecular weight excluding hydrogens is 387 g/mol. The van der Waals surface area contributed by atoms with Crippen LogP contribution in [0.25, 0.3) is 0 Å². The second kappa shape index (κ2) is 9.87. The van der Waals surface area contributed by atoms with Gasteiger partial charge < -0.3 is 20.9 Å². The van der Waals surface area contributed by atoms with E-state index in [0.717, 1.165) is 31.5 Å². The first-order chi connectivity index (χ1) is 14.4. The molecule has 2 aromatic rings. The minimum atomic E-state index is -0.549. The number of hydrogen-bond acceptors (Lipinski definition) is 4. The van der Waals surface area contributed by atoms with Gasteiger partial charge in [-0.1, -0.05) is 12.1 Å². The minimum Gasteiger partial charge on any atom is -0.376 e. The SMILES string of the molecule is CC(=O)Nc1cc(NCC(=O)NCc2ccc(C(=O)N3CCCC3)cc2)ccc1F. The maximum Gasteiger partial charge on any atom is 0.253 e. The van der Waals surface area contributed by atoms with E-state index < -0.39 is 5.82 Å². The Hall–Kier alpha value is -3.42. The van der Waals surface area contributed by atoms with Gasteiger partial charge in [0.25, 0.3) is 5.91 Å². The second-order valence-electron chi connectivity index (χ2n) is 7.20. The van der Waals surface area contributed by atoms with Crippen molar-refractivity contribution < 1.29 is 18.8 Å². The number of nitrogens with one attached hydrogen (secondary N) is 3. The highest BCUT2D eigenvalue weighted by molar-refractivity contribution is 5.94. The summed E-state index contributed by atoms with van der Waals surface area (Å²) in [7, 11) is 0. The Balaban J connectivity index is 1.46. The number of carbonyl (C=O) groups excluding carboxylic acids is 3. The van der Waals surface area contributed by atoms with Crippen molar-refractivity contribution in [3.05, 3.63) is 59.4 Å². The van der Waals surface area contributed by atoms with Gasteiger partial charge in [0.05, 0.1) is 12.2 Å². The molecule has 0 radical (unpaired) electrons. The van der Waals surface area contributed by atoms with Gasteiger partial charge in [0, 0.05) is 37.8 Å². The fourth-order valence-electron chi connectivity index (χ4n) is 3.23. The van der Waals surface area contributed by atoms with Crippen molar-refractivity contribution in [2.45, 2.75) is 26.3 Å². The third-order valence-corrected chi connectivity index (χ3v) is 4.81. The molecule has 0 spiro atoms. The highest BCUT2D eigenvalue weighted by Gasteiger charge is 2.19. The largest absolute Gasteiger partial charge is 0.376 e. The van der Waals surface area contributed by atoms with E-state index in [4.69, 9.17) is 0 Å². The molecule has 1 saturated heterocycles. The predicted molar refractivity (Wildman–Crippen MR) is 113 cm³/mol. The smallest absolute Gasteiger partial charge is 0.253 e. The minimum absolute atomic E-state index is 0.00330. The molecule has 7 nitrogen and oxygen atoms in total. The van der Waals surface area contributed by atoms with E-state index in [0.29, 0.717) is 17.8 Å². The predicted octanol–water partition coefficient (Wildman–Crippen LogP) is 2.75. The normalized spacial score (nSPS) is 13.1. The molecule has 30 heavy (non-hydrogen) atoms. The molecule has 1 aliphatic rings. The highest BCUT2D eigenvalue weighted by Crippen LogP contribution is 2.19. The van der Waals surface area contributed by atoms with Gasteiger partial charge in [0.15, 0.2) is 0 Å². The molecule has 0 aromatic heterocycles. The van der Waals surface area contributed by atoms with Crippen LogP contribution in [0.5, 0.6) is 0 Å². The van der Waals surface area contributed by atoms with Gasteiger partial charge in [-0.3, -0.25) is 14.4 Å². The molecule has 3 N–H and O–H groups in total. The Morgan fingerprint density at radius 2 is 1.73 bits per heavy atom. The van der Waals surface area contributed by atoms with Crippen molar-refractivity contribution in [3.63, 3.8) is 0 Å². The van der Waals surface area contributed by atoms with E-state index in [1.54, 1.807) is 12.1 Å². The summed E-state index contributed by atoms with van der Waals surface area (Å²) in [5.41, 5.74) is 2.10. The molecular formula is C22H25FN4O3. The zero-order valence-corrected chi connectivity index (χ0v) is 16.8. The first-order valence-corrected chi connectivity index (χ1v) is 9.88. The van der Waals surface area contributed by atoms with Crippen LogP contribution in [0.1, 0.15) is 35.7 Å². The Morgan fingerprint density at radius 1 is 1.03 bits per heavy atom. The fourth-order valence-corrected chi connectivity index (χ4v) is 3.23. The molecule has 3 rings (SSSR count). The third kappa shape index (κ3) is 5.79. The Kier molecular flexibility index (Phi) is 7.00. The Labute approximate surface area is 174 Å². The average molecular weight is 412 g/mol. The summed E-state index contributed by atoms with van der Waals surface area (Å²) in [6.07, 6.45) is 2.10. The Bertz CT molecular complexity index is 924. The van der Waals surface area contributed by atoms with E-state index in [9.17, 15) is 18.8 Å². The van der Waals surface area contributed by atoms with Crippen molar-refractivity contribution in [1.29, 1.82) is 0 Å². The van der Waals surface area contributed by atoms with Gasteiger partial charge in [0.2, 0.25) is 11.8 Å². The van der Waals surface area contributed by atoms with E-state index in [-0.39, 0.29) is 30.0 Å². The summed E-state index contributed by atoms with van der Waals surface area (Å²) in [4.78, 5) is 37.4. The lowest BCUT2D eigenvalue weighted by Gasteiger charge is -2.15. The lowest BCUT2D eigenvalue weighted by molar-refractivity contribution is -0.119. The number of anilines is 2. The van der Waals surface area contributed by atoms with E-state index in [1.807, 2.05) is 17.0 Å². The van der Waals surface area contributed by atoms with Crippen molar-refractivity contribution >= 4 is 29.1 Å². The lowest BCUT2D eigenvalue weighted by Crippen LogP contribution is -2.29. The van der Waals surface area contributed by atoms with Crippen molar-refractivity contribution in [3.8, 4) is 0 Å². The van der Waals surface area contributed by atoms with E-state index in [2.05, 4.69) is 16.0 Å². The zero-order chi connectivity index (χ0) is 21.5. The Morgan fingerprint density at radius 3 is 2.40 bits per heavy atom. The maximum absolute atomic E-state index is 13.7. The molecule has 158 valence electrons. The molecule has 0 unspecified atom stereocenters. The van der Waals surface area contributed by atoms with Crippen LogP contribution < -0.4 is 16.0 Å². The molecule has 8 heteroatoms. The van der Waals surface area contributed by atoms with Crippen LogP contribution in [0.2, 0.25) is 0 Å². The van der Waals surface area contributed by atoms with E-state index in [1.165, 1.54) is 25.1 Å². The number of nitrogens with zero attached hydrogens (tertiary/aromatic N) is 1. The number of halogens is 1. The average Bonchev–Trinajstić information content (AvgIpc) is 3.27. The highest BCUT2D eigenvalue weighted by atomic mass is 19.1. The summed E-state index contributed by atoms with van der Waals surface area (Å²) < 4.78 is 13.7. The van der Waals surface area contributed by atoms with Crippen LogP contribution in [0.4, 0.5) is 15.8 Å². The molecule has 0 atom stereocenters. The van der Waals surface area contributed by atoms with Crippen LogP contribution in [0.15, 0.2) is 42.5 Å². The monoisotopic (exact) mass is 412 g/mol. The number of carbonyl (C=O) groups is 3. The van der Waals surface area contributed by atoms with Crippen LogP contribution in [0.3, 0.4) is 0 Å².